The van der Waals surface area contributed by atoms with Crippen molar-refractivity contribution in [2.75, 3.05) is 0 Å². The molecule has 1 aliphatic heterocycles. The van der Waals surface area contributed by atoms with Gasteiger partial charge in [-0.05, 0) is 12.3 Å². The molecule has 1 heterocycles. The number of ether oxygens (including phenoxy) is 2. The number of nitriles is 1. The van der Waals surface area contributed by atoms with E-state index in [0.29, 0.717) is 6.42 Å². The third-order valence-corrected chi connectivity index (χ3v) is 4.58. The zero-order valence-corrected chi connectivity index (χ0v) is 9.67. The average molecular weight is 235 g/mol. The van der Waals surface area contributed by atoms with Crippen molar-refractivity contribution in [2.24, 2.45) is 23.2 Å². The average Bonchev–Trinajstić information content (AvgIpc) is 2.77. The summed E-state index contributed by atoms with van der Waals surface area (Å²) in [4.78, 5) is 22.9. The molecule has 0 spiro atoms. The minimum atomic E-state index is -0.981. The number of hydrogen-bond donors (Lipinski definition) is 0. The summed E-state index contributed by atoms with van der Waals surface area (Å²) < 4.78 is 10.5. The Kier molecular flexibility index (Phi) is 1.87. The highest BCUT2D eigenvalue weighted by Crippen LogP contribution is 2.64. The molecule has 2 saturated carbocycles. The van der Waals surface area contributed by atoms with Crippen molar-refractivity contribution >= 4 is 11.9 Å². The van der Waals surface area contributed by atoms with Gasteiger partial charge in [-0.3, -0.25) is 9.59 Å². The van der Waals surface area contributed by atoms with E-state index in [9.17, 15) is 14.9 Å². The summed E-state index contributed by atoms with van der Waals surface area (Å²) in [5.41, 5.74) is -0.981. The molecule has 2 bridgehead atoms. The number of carbonyl (C=O) groups is 2. The zero-order chi connectivity index (χ0) is 12.4. The maximum atomic E-state index is 11.8. The molecule has 0 aromatic heterocycles. The van der Waals surface area contributed by atoms with Crippen LogP contribution in [0.4, 0.5) is 0 Å². The topological polar surface area (TPSA) is 76.4 Å². The van der Waals surface area contributed by atoms with Crippen LogP contribution in [0, 0.1) is 34.5 Å². The number of carbonyl (C=O) groups excluding carboxylic acids is 2. The van der Waals surface area contributed by atoms with E-state index in [0.717, 1.165) is 0 Å². The lowest BCUT2D eigenvalue weighted by Crippen LogP contribution is -2.39. The van der Waals surface area contributed by atoms with Crippen LogP contribution in [0.1, 0.15) is 20.3 Å². The highest BCUT2D eigenvalue weighted by molar-refractivity contribution is 5.84. The summed E-state index contributed by atoms with van der Waals surface area (Å²) in [6.45, 7) is 3.36. The molecular weight excluding hydrogens is 222 g/mol. The highest BCUT2D eigenvalue weighted by Gasteiger charge is 2.75. The van der Waals surface area contributed by atoms with Crippen LogP contribution < -0.4 is 0 Å². The van der Waals surface area contributed by atoms with Gasteiger partial charge in [0, 0.05) is 18.8 Å². The van der Waals surface area contributed by atoms with Crippen LogP contribution in [0.15, 0.2) is 0 Å². The SMILES string of the molecule is CC(=O)OC1C2OC(=O)C3(C#N)CC1[C@H](C)C23. The van der Waals surface area contributed by atoms with Crippen LogP contribution in [0.25, 0.3) is 0 Å². The van der Waals surface area contributed by atoms with Gasteiger partial charge in [0.1, 0.15) is 12.2 Å². The fraction of sp³-hybridized carbons (Fsp3) is 0.750. The van der Waals surface area contributed by atoms with E-state index in [1.165, 1.54) is 6.92 Å². The molecule has 90 valence electrons. The van der Waals surface area contributed by atoms with Crippen LogP contribution in [0.2, 0.25) is 0 Å². The van der Waals surface area contributed by atoms with Crippen molar-refractivity contribution in [3.63, 3.8) is 0 Å². The molecule has 0 radical (unpaired) electrons. The first-order valence-corrected chi connectivity index (χ1v) is 5.81. The van der Waals surface area contributed by atoms with Gasteiger partial charge in [0.25, 0.3) is 0 Å². The van der Waals surface area contributed by atoms with Crippen LogP contribution in [0.3, 0.4) is 0 Å². The van der Waals surface area contributed by atoms with Crippen molar-refractivity contribution in [3.8, 4) is 6.07 Å². The van der Waals surface area contributed by atoms with Gasteiger partial charge < -0.3 is 9.47 Å². The maximum Gasteiger partial charge on any atom is 0.327 e. The molecule has 17 heavy (non-hydrogen) atoms. The van der Waals surface area contributed by atoms with Crippen LogP contribution in [-0.2, 0) is 19.1 Å². The molecule has 5 nitrogen and oxygen atoms in total. The molecule has 6 atom stereocenters. The number of nitrogens with zero attached hydrogens (tertiary/aromatic N) is 1. The third kappa shape index (κ3) is 1.03. The lowest BCUT2D eigenvalue weighted by Gasteiger charge is -2.27. The van der Waals surface area contributed by atoms with E-state index < -0.39 is 17.5 Å². The van der Waals surface area contributed by atoms with Crippen molar-refractivity contribution in [1.29, 1.82) is 5.26 Å². The first kappa shape index (κ1) is 10.6. The van der Waals surface area contributed by atoms with Gasteiger partial charge in [-0.15, -0.1) is 0 Å². The smallest absolute Gasteiger partial charge is 0.327 e. The second-order valence-electron chi connectivity index (χ2n) is 5.28. The molecule has 3 fully saturated rings. The van der Waals surface area contributed by atoms with E-state index in [-0.39, 0.29) is 29.8 Å². The summed E-state index contributed by atoms with van der Waals surface area (Å²) >= 11 is 0. The molecule has 2 aliphatic carbocycles. The zero-order valence-electron chi connectivity index (χ0n) is 9.67. The second kappa shape index (κ2) is 3.00. The largest absolute Gasteiger partial charge is 0.458 e. The van der Waals surface area contributed by atoms with Crippen LogP contribution in [0.5, 0.6) is 0 Å². The molecule has 3 rings (SSSR count). The van der Waals surface area contributed by atoms with Crippen molar-refractivity contribution in [1.82, 2.24) is 0 Å². The Hall–Kier alpha value is -1.57. The molecule has 0 aromatic rings. The second-order valence-corrected chi connectivity index (χ2v) is 5.28. The first-order chi connectivity index (χ1) is 8.01. The Morgan fingerprint density at radius 2 is 2.35 bits per heavy atom. The van der Waals surface area contributed by atoms with Crippen LogP contribution >= 0.6 is 0 Å². The molecule has 0 amide bonds. The van der Waals surface area contributed by atoms with E-state index in [1.807, 2.05) is 6.92 Å². The first-order valence-electron chi connectivity index (χ1n) is 5.81. The Morgan fingerprint density at radius 1 is 1.65 bits per heavy atom. The monoisotopic (exact) mass is 235 g/mol. The summed E-state index contributed by atoms with van der Waals surface area (Å²) in [5, 5.41) is 9.26. The minimum Gasteiger partial charge on any atom is -0.458 e. The third-order valence-electron chi connectivity index (χ3n) is 4.58. The molecule has 1 saturated heterocycles. The molecule has 5 heteroatoms. The number of rotatable bonds is 1. The fourth-order valence-corrected chi connectivity index (χ4v) is 3.95. The fourth-order valence-electron chi connectivity index (χ4n) is 3.95. The normalized spacial score (nSPS) is 49.9. The summed E-state index contributed by atoms with van der Waals surface area (Å²) in [6, 6.07) is 2.14. The summed E-state index contributed by atoms with van der Waals surface area (Å²) in [5.74, 6) is -0.649. The minimum absolute atomic E-state index is 0.0694. The lowest BCUT2D eigenvalue weighted by atomic mass is 9.74. The number of fused-ring (bicyclic) bond motifs is 1. The van der Waals surface area contributed by atoms with E-state index in [1.54, 1.807) is 0 Å². The predicted octanol–water partition coefficient (Wildman–Crippen LogP) is 0.639. The Bertz CT molecular complexity index is 454. The van der Waals surface area contributed by atoms with Gasteiger partial charge in [-0.2, -0.15) is 5.26 Å². The quantitative estimate of drug-likeness (QED) is 0.623. The van der Waals surface area contributed by atoms with E-state index >= 15 is 0 Å². The maximum absolute atomic E-state index is 11.8. The molecule has 0 aromatic carbocycles. The molecule has 0 N–H and O–H groups in total. The number of hydrogen-bond acceptors (Lipinski definition) is 5. The molecule has 5 unspecified atom stereocenters. The predicted molar refractivity (Wildman–Crippen MR) is 54.2 cm³/mol. The Balaban J connectivity index is 1.99. The van der Waals surface area contributed by atoms with Crippen LogP contribution in [-0.4, -0.2) is 24.1 Å². The van der Waals surface area contributed by atoms with E-state index in [2.05, 4.69) is 6.07 Å². The molecule has 3 aliphatic rings. The Labute approximate surface area is 98.7 Å². The van der Waals surface area contributed by atoms with E-state index in [4.69, 9.17) is 9.47 Å². The van der Waals surface area contributed by atoms with Crippen molar-refractivity contribution in [2.45, 2.75) is 32.5 Å². The lowest BCUT2D eigenvalue weighted by molar-refractivity contribution is -0.159. The van der Waals surface area contributed by atoms with Gasteiger partial charge in [-0.1, -0.05) is 6.92 Å². The van der Waals surface area contributed by atoms with Crippen molar-refractivity contribution in [3.05, 3.63) is 0 Å². The van der Waals surface area contributed by atoms with Gasteiger partial charge in [0.15, 0.2) is 5.41 Å². The van der Waals surface area contributed by atoms with Gasteiger partial charge in [0.2, 0.25) is 0 Å². The molecular formula is C12H13NO4. The standard InChI is InChI=1S/C12H13NO4/c1-5-7-3-12(4-13)8(5)10(17-11(12)15)9(7)16-6(2)14/h5,7-10H,3H2,1-2H3/t5-,7?,8?,9?,10?,12?/m0/s1. The van der Waals surface area contributed by atoms with Crippen molar-refractivity contribution < 1.29 is 19.1 Å². The highest BCUT2D eigenvalue weighted by atomic mass is 16.6. The van der Waals surface area contributed by atoms with Gasteiger partial charge >= 0.3 is 11.9 Å². The van der Waals surface area contributed by atoms with Gasteiger partial charge in [-0.25, -0.2) is 0 Å². The Morgan fingerprint density at radius 3 is 2.94 bits per heavy atom. The summed E-state index contributed by atoms with van der Waals surface area (Å²) in [6.07, 6.45) is -0.317. The number of esters is 2. The van der Waals surface area contributed by atoms with Gasteiger partial charge in [0.05, 0.1) is 6.07 Å². The summed E-state index contributed by atoms with van der Waals surface area (Å²) in [7, 11) is 0.